The van der Waals surface area contributed by atoms with Crippen molar-refractivity contribution in [2.75, 3.05) is 6.54 Å². The van der Waals surface area contributed by atoms with Gasteiger partial charge in [0.2, 0.25) is 5.76 Å². The van der Waals surface area contributed by atoms with Crippen molar-refractivity contribution in [2.24, 2.45) is 7.05 Å². The highest BCUT2D eigenvalue weighted by Crippen LogP contribution is 2.34. The molecule has 1 atom stereocenters. The van der Waals surface area contributed by atoms with Crippen LogP contribution in [0, 0.1) is 6.92 Å². The van der Waals surface area contributed by atoms with Crippen molar-refractivity contribution in [1.82, 2.24) is 19.8 Å². The second-order valence-electron chi connectivity index (χ2n) is 5.73. The number of rotatable bonds is 2. The largest absolute Gasteiger partial charge is 0.351 e. The van der Waals surface area contributed by atoms with Gasteiger partial charge in [0, 0.05) is 25.9 Å². The van der Waals surface area contributed by atoms with Gasteiger partial charge >= 0.3 is 0 Å². The Kier molecular flexibility index (Phi) is 4.20. The van der Waals surface area contributed by atoms with Crippen LogP contribution >= 0.6 is 11.6 Å². The summed E-state index contributed by atoms with van der Waals surface area (Å²) in [6.07, 6.45) is 5.75. The highest BCUT2D eigenvalue weighted by atomic mass is 35.5. The number of carbonyl (C=O) groups is 1. The predicted molar refractivity (Wildman–Crippen MR) is 81.7 cm³/mol. The lowest BCUT2D eigenvalue weighted by Gasteiger charge is -2.28. The summed E-state index contributed by atoms with van der Waals surface area (Å²) in [5, 5.41) is 8.86. The molecule has 1 saturated heterocycles. The third-order valence-electron chi connectivity index (χ3n) is 3.98. The van der Waals surface area contributed by atoms with Gasteiger partial charge in [-0.2, -0.15) is 5.10 Å². The number of hydrogen-bond donors (Lipinski definition) is 0. The van der Waals surface area contributed by atoms with E-state index >= 15 is 0 Å². The number of halogens is 1. The van der Waals surface area contributed by atoms with Gasteiger partial charge in [-0.3, -0.25) is 9.48 Å². The van der Waals surface area contributed by atoms with E-state index in [0.717, 1.165) is 31.4 Å². The number of hydrogen-bond acceptors (Lipinski definition) is 4. The maximum atomic E-state index is 12.8. The molecule has 0 aliphatic carbocycles. The van der Waals surface area contributed by atoms with E-state index in [1.807, 2.05) is 11.9 Å². The molecule has 2 aromatic heterocycles. The average molecular weight is 323 g/mol. The van der Waals surface area contributed by atoms with Gasteiger partial charge in [-0.05, 0) is 19.8 Å². The van der Waals surface area contributed by atoms with E-state index in [4.69, 9.17) is 16.1 Å². The summed E-state index contributed by atoms with van der Waals surface area (Å²) in [6, 6.07) is 1.55. The summed E-state index contributed by atoms with van der Waals surface area (Å²) in [6.45, 7) is 2.48. The second-order valence-corrected chi connectivity index (χ2v) is 6.14. The molecular weight excluding hydrogens is 304 g/mol. The maximum Gasteiger partial charge on any atom is 0.293 e. The summed E-state index contributed by atoms with van der Waals surface area (Å²) in [7, 11) is 1.83. The van der Waals surface area contributed by atoms with Crippen molar-refractivity contribution in [3.05, 3.63) is 34.4 Å². The monoisotopic (exact) mass is 322 g/mol. The zero-order valence-corrected chi connectivity index (χ0v) is 13.5. The second kappa shape index (κ2) is 6.12. The van der Waals surface area contributed by atoms with E-state index in [1.54, 1.807) is 23.9 Å². The Morgan fingerprint density at radius 3 is 2.86 bits per heavy atom. The van der Waals surface area contributed by atoms with Crippen molar-refractivity contribution in [1.29, 1.82) is 0 Å². The number of nitrogens with zero attached hydrogens (tertiary/aromatic N) is 4. The molecule has 6 nitrogen and oxygen atoms in total. The molecule has 0 unspecified atom stereocenters. The van der Waals surface area contributed by atoms with Crippen molar-refractivity contribution in [3.8, 4) is 0 Å². The third kappa shape index (κ3) is 2.88. The molecular formula is C15H19ClN4O2. The molecule has 0 aromatic carbocycles. The van der Waals surface area contributed by atoms with Crippen molar-refractivity contribution in [2.45, 2.75) is 38.6 Å². The first kappa shape index (κ1) is 15.1. The van der Waals surface area contributed by atoms with E-state index < -0.39 is 0 Å². The first-order valence-electron chi connectivity index (χ1n) is 7.49. The zero-order chi connectivity index (χ0) is 15.7. The van der Waals surface area contributed by atoms with Gasteiger partial charge in [0.15, 0.2) is 0 Å². The number of aromatic nitrogens is 3. The number of likely N-dealkylation sites (tertiary alicyclic amines) is 1. The number of carbonyl (C=O) groups excluding carboxylic acids is 1. The SMILES string of the molecule is Cc1cc(C(=O)N2CCCCC[C@H]2c2nn(C)cc2Cl)on1. The van der Waals surface area contributed by atoms with Gasteiger partial charge in [0.05, 0.1) is 16.8 Å². The molecule has 118 valence electrons. The minimum atomic E-state index is -0.144. The molecule has 1 amide bonds. The fraction of sp³-hybridized carbons (Fsp3) is 0.533. The Morgan fingerprint density at radius 1 is 1.41 bits per heavy atom. The van der Waals surface area contributed by atoms with Gasteiger partial charge < -0.3 is 9.42 Å². The van der Waals surface area contributed by atoms with Crippen LogP contribution in [-0.2, 0) is 7.05 Å². The standard InChI is InChI=1S/C15H19ClN4O2/c1-10-8-13(22-18-10)15(21)20-7-5-3-4-6-12(20)14-11(16)9-19(2)17-14/h8-9,12H,3-7H2,1-2H3/t12-/m0/s1. The fourth-order valence-electron chi connectivity index (χ4n) is 2.94. The molecule has 1 aliphatic heterocycles. The predicted octanol–water partition coefficient (Wildman–Crippen LogP) is 3.13. The van der Waals surface area contributed by atoms with E-state index in [2.05, 4.69) is 10.3 Å². The quantitative estimate of drug-likeness (QED) is 0.852. The lowest BCUT2D eigenvalue weighted by atomic mass is 10.1. The van der Waals surface area contributed by atoms with Gasteiger partial charge in [-0.25, -0.2) is 0 Å². The molecule has 7 heteroatoms. The molecule has 2 aromatic rings. The van der Waals surface area contributed by atoms with E-state index in [-0.39, 0.29) is 17.7 Å². The van der Waals surface area contributed by atoms with Crippen LogP contribution in [0.15, 0.2) is 16.8 Å². The Hall–Kier alpha value is -1.82. The molecule has 1 aliphatic rings. The third-order valence-corrected chi connectivity index (χ3v) is 4.27. The minimum Gasteiger partial charge on any atom is -0.351 e. The summed E-state index contributed by atoms with van der Waals surface area (Å²) >= 11 is 6.29. The van der Waals surface area contributed by atoms with Gasteiger partial charge in [-0.15, -0.1) is 0 Å². The van der Waals surface area contributed by atoms with E-state index in [0.29, 0.717) is 17.3 Å². The summed E-state index contributed by atoms with van der Waals surface area (Å²) in [4.78, 5) is 14.6. The first-order chi connectivity index (χ1) is 10.6. The van der Waals surface area contributed by atoms with Gasteiger partial charge in [0.1, 0.15) is 5.69 Å². The summed E-state index contributed by atoms with van der Waals surface area (Å²) < 4.78 is 6.82. The Labute approximate surface area is 134 Å². The Morgan fingerprint density at radius 2 is 2.23 bits per heavy atom. The highest BCUT2D eigenvalue weighted by Gasteiger charge is 2.32. The molecule has 22 heavy (non-hydrogen) atoms. The van der Waals surface area contributed by atoms with Crippen LogP contribution in [0.4, 0.5) is 0 Å². The molecule has 0 N–H and O–H groups in total. The van der Waals surface area contributed by atoms with Gasteiger partial charge in [-0.1, -0.05) is 29.6 Å². The topological polar surface area (TPSA) is 64.2 Å². The molecule has 1 fully saturated rings. The average Bonchev–Trinajstić information content (AvgIpc) is 2.95. The normalized spacial score (nSPS) is 19.2. The minimum absolute atomic E-state index is 0.117. The first-order valence-corrected chi connectivity index (χ1v) is 7.87. The molecule has 0 spiro atoms. The summed E-state index contributed by atoms with van der Waals surface area (Å²) in [5.41, 5.74) is 1.46. The smallest absolute Gasteiger partial charge is 0.293 e. The summed E-state index contributed by atoms with van der Waals surface area (Å²) in [5.74, 6) is 0.130. The lowest BCUT2D eigenvalue weighted by Crippen LogP contribution is -2.35. The van der Waals surface area contributed by atoms with E-state index in [9.17, 15) is 4.79 Å². The molecule has 3 heterocycles. The van der Waals surface area contributed by atoms with Crippen LogP contribution in [0.2, 0.25) is 5.02 Å². The highest BCUT2D eigenvalue weighted by molar-refractivity contribution is 6.31. The van der Waals surface area contributed by atoms with Crippen LogP contribution in [0.3, 0.4) is 0 Å². The maximum absolute atomic E-state index is 12.8. The lowest BCUT2D eigenvalue weighted by molar-refractivity contribution is 0.0634. The van der Waals surface area contributed by atoms with Crippen molar-refractivity contribution < 1.29 is 9.32 Å². The molecule has 0 bridgehead atoms. The Bertz CT molecular complexity index is 679. The number of amides is 1. The van der Waals surface area contributed by atoms with Crippen LogP contribution in [0.1, 0.15) is 53.7 Å². The van der Waals surface area contributed by atoms with Crippen LogP contribution in [0.5, 0.6) is 0 Å². The zero-order valence-electron chi connectivity index (χ0n) is 12.8. The van der Waals surface area contributed by atoms with Crippen LogP contribution in [0.25, 0.3) is 0 Å². The molecule has 0 radical (unpaired) electrons. The molecule has 0 saturated carbocycles. The van der Waals surface area contributed by atoms with Crippen LogP contribution < -0.4 is 0 Å². The van der Waals surface area contributed by atoms with Gasteiger partial charge in [0.25, 0.3) is 5.91 Å². The van der Waals surface area contributed by atoms with E-state index in [1.165, 1.54) is 0 Å². The van der Waals surface area contributed by atoms with Crippen molar-refractivity contribution >= 4 is 17.5 Å². The molecule has 3 rings (SSSR count). The van der Waals surface area contributed by atoms with Crippen LogP contribution in [-0.4, -0.2) is 32.3 Å². The Balaban J connectivity index is 1.94. The fourth-order valence-corrected chi connectivity index (χ4v) is 3.25. The van der Waals surface area contributed by atoms with Crippen molar-refractivity contribution in [3.63, 3.8) is 0 Å². The number of aryl methyl sites for hydroxylation is 2.